The molecule has 82 valence electrons. The number of hydrogen-bond acceptors (Lipinski definition) is 4. The number of oxime groups is 1. The molecular weight excluding hydrogens is 213 g/mol. The third-order valence-electron chi connectivity index (χ3n) is 2.14. The van der Waals surface area contributed by atoms with Gasteiger partial charge in [0.15, 0.2) is 0 Å². The molecule has 0 heterocycles. The quantitative estimate of drug-likeness (QED) is 0.372. The lowest BCUT2D eigenvalue weighted by molar-refractivity contribution is 0.317. The lowest BCUT2D eigenvalue weighted by Gasteiger charge is -2.11. The third-order valence-corrected chi connectivity index (χ3v) is 4.02. The summed E-state index contributed by atoms with van der Waals surface area (Å²) in [5.74, 6) is 0. The molecule has 4 nitrogen and oxygen atoms in total. The zero-order valence-corrected chi connectivity index (χ0v) is 9.65. The minimum atomic E-state index is -2.95. The molecule has 1 atom stereocenters. The second-order valence-electron chi connectivity index (χ2n) is 3.21. The van der Waals surface area contributed by atoms with E-state index in [-0.39, 0.29) is 5.45 Å². The van der Waals surface area contributed by atoms with Gasteiger partial charge in [-0.3, -0.25) is 4.57 Å². The van der Waals surface area contributed by atoms with Crippen molar-refractivity contribution in [3.63, 3.8) is 0 Å². The van der Waals surface area contributed by atoms with Crippen LogP contribution in [-0.2, 0) is 15.5 Å². The minimum Gasteiger partial charge on any atom is -0.410 e. The maximum absolute atomic E-state index is 11.8. The lowest BCUT2D eigenvalue weighted by atomic mass is 10.2. The molecule has 5 heteroatoms. The number of nitrogens with zero attached hydrogens (tertiary/aromatic N) is 1. The molecule has 1 aromatic carbocycles. The van der Waals surface area contributed by atoms with Crippen LogP contribution in [-0.4, -0.2) is 24.4 Å². The van der Waals surface area contributed by atoms with Gasteiger partial charge in [-0.2, -0.15) is 0 Å². The van der Waals surface area contributed by atoms with Crippen molar-refractivity contribution in [2.24, 2.45) is 5.16 Å². The molecule has 0 bridgehead atoms. The SMILES string of the molecule is CO[P@@](C)(=O)/C(Cc1ccccc1)=N/O. The molecule has 0 saturated carbocycles. The molecule has 0 aliphatic rings. The van der Waals surface area contributed by atoms with E-state index in [2.05, 4.69) is 5.16 Å². The first kappa shape index (κ1) is 12.0. The van der Waals surface area contributed by atoms with E-state index in [1.165, 1.54) is 13.8 Å². The van der Waals surface area contributed by atoms with E-state index in [0.29, 0.717) is 6.42 Å². The molecular formula is C10H14NO3P. The van der Waals surface area contributed by atoms with Crippen molar-refractivity contribution in [3.05, 3.63) is 35.9 Å². The Morgan fingerprint density at radius 1 is 1.47 bits per heavy atom. The fourth-order valence-corrected chi connectivity index (χ4v) is 1.99. The molecule has 1 rings (SSSR count). The van der Waals surface area contributed by atoms with Gasteiger partial charge in [-0.05, 0) is 5.56 Å². The van der Waals surface area contributed by atoms with Gasteiger partial charge in [-0.15, -0.1) is 0 Å². The van der Waals surface area contributed by atoms with Crippen LogP contribution in [0.15, 0.2) is 35.5 Å². The van der Waals surface area contributed by atoms with Crippen molar-refractivity contribution in [1.29, 1.82) is 0 Å². The average Bonchev–Trinajstić information content (AvgIpc) is 2.27. The molecule has 0 amide bonds. The highest BCUT2D eigenvalue weighted by Gasteiger charge is 2.23. The molecule has 0 unspecified atom stereocenters. The van der Waals surface area contributed by atoms with Gasteiger partial charge in [-0.1, -0.05) is 35.5 Å². The van der Waals surface area contributed by atoms with Gasteiger partial charge >= 0.3 is 0 Å². The Morgan fingerprint density at radius 2 is 2.07 bits per heavy atom. The van der Waals surface area contributed by atoms with Gasteiger partial charge < -0.3 is 9.73 Å². The van der Waals surface area contributed by atoms with Gasteiger partial charge in [0.25, 0.3) is 0 Å². The van der Waals surface area contributed by atoms with Crippen molar-refractivity contribution in [2.45, 2.75) is 6.42 Å². The second-order valence-corrected chi connectivity index (χ2v) is 5.78. The number of rotatable bonds is 4. The molecule has 0 spiro atoms. The molecule has 0 aliphatic carbocycles. The van der Waals surface area contributed by atoms with Crippen LogP contribution in [0.1, 0.15) is 5.56 Å². The molecule has 1 N–H and O–H groups in total. The highest BCUT2D eigenvalue weighted by atomic mass is 31.2. The maximum Gasteiger partial charge on any atom is 0.246 e. The first-order chi connectivity index (χ1) is 7.10. The van der Waals surface area contributed by atoms with Gasteiger partial charge in [0.05, 0.1) is 0 Å². The van der Waals surface area contributed by atoms with Crippen molar-refractivity contribution in [1.82, 2.24) is 0 Å². The topological polar surface area (TPSA) is 58.9 Å². The minimum absolute atomic E-state index is 0.177. The van der Waals surface area contributed by atoms with Crippen molar-refractivity contribution in [3.8, 4) is 0 Å². The molecule has 15 heavy (non-hydrogen) atoms. The third kappa shape index (κ3) is 3.18. The van der Waals surface area contributed by atoms with E-state index in [1.54, 1.807) is 0 Å². The van der Waals surface area contributed by atoms with Crippen molar-refractivity contribution >= 4 is 12.8 Å². The molecule has 0 aliphatic heterocycles. The summed E-state index contributed by atoms with van der Waals surface area (Å²) in [4.78, 5) is 0. The fourth-order valence-electron chi connectivity index (χ4n) is 1.14. The molecule has 0 radical (unpaired) electrons. The summed E-state index contributed by atoms with van der Waals surface area (Å²) in [5, 5.41) is 11.8. The normalized spacial score (nSPS) is 16.0. The van der Waals surface area contributed by atoms with Crippen LogP contribution in [0.2, 0.25) is 0 Å². The Labute approximate surface area is 89.0 Å². The van der Waals surface area contributed by atoms with Crippen LogP contribution in [0.25, 0.3) is 0 Å². The van der Waals surface area contributed by atoms with Crippen LogP contribution in [0.4, 0.5) is 0 Å². The first-order valence-electron chi connectivity index (χ1n) is 4.49. The Hall–Kier alpha value is -1.12. The largest absolute Gasteiger partial charge is 0.410 e. The smallest absolute Gasteiger partial charge is 0.246 e. The predicted molar refractivity (Wildman–Crippen MR) is 59.9 cm³/mol. The zero-order chi connectivity index (χ0) is 11.3. The van der Waals surface area contributed by atoms with Crippen LogP contribution in [0.5, 0.6) is 0 Å². The first-order valence-corrected chi connectivity index (χ1v) is 6.56. The van der Waals surface area contributed by atoms with Gasteiger partial charge in [0, 0.05) is 20.2 Å². The summed E-state index contributed by atoms with van der Waals surface area (Å²) >= 11 is 0. The summed E-state index contributed by atoms with van der Waals surface area (Å²) in [5.41, 5.74) is 1.11. The van der Waals surface area contributed by atoms with Crippen molar-refractivity contribution < 1.29 is 14.3 Å². The molecule has 1 aromatic rings. The van der Waals surface area contributed by atoms with E-state index < -0.39 is 7.37 Å². The van der Waals surface area contributed by atoms with E-state index in [1.807, 2.05) is 30.3 Å². The van der Waals surface area contributed by atoms with E-state index in [0.717, 1.165) is 5.56 Å². The summed E-state index contributed by atoms with van der Waals surface area (Å²) < 4.78 is 16.6. The summed E-state index contributed by atoms with van der Waals surface area (Å²) in [6.07, 6.45) is 0.332. The van der Waals surface area contributed by atoms with Gasteiger partial charge in [0.1, 0.15) is 5.45 Å². The monoisotopic (exact) mass is 227 g/mol. The van der Waals surface area contributed by atoms with E-state index in [4.69, 9.17) is 9.73 Å². The van der Waals surface area contributed by atoms with E-state index in [9.17, 15) is 4.57 Å². The highest BCUT2D eigenvalue weighted by Crippen LogP contribution is 2.44. The van der Waals surface area contributed by atoms with Crippen LogP contribution < -0.4 is 0 Å². The summed E-state index contributed by atoms with van der Waals surface area (Å²) in [6, 6.07) is 9.39. The standard InChI is InChI=1S/C10H14NO3P/c1-14-15(2,13)10(11-12)8-9-6-4-3-5-7-9/h3-7,12H,8H2,1-2H3/b11-10+/t15-/m1/s1. The highest BCUT2D eigenvalue weighted by molar-refractivity contribution is 7.75. The summed E-state index contributed by atoms with van der Waals surface area (Å²) in [6.45, 7) is 1.44. The Morgan fingerprint density at radius 3 is 2.53 bits per heavy atom. The van der Waals surface area contributed by atoms with Crippen LogP contribution >= 0.6 is 7.37 Å². The Bertz CT molecular complexity index is 389. The number of hydrogen-bond donors (Lipinski definition) is 1. The van der Waals surface area contributed by atoms with E-state index >= 15 is 0 Å². The molecule has 0 aromatic heterocycles. The zero-order valence-electron chi connectivity index (χ0n) is 8.75. The van der Waals surface area contributed by atoms with Crippen molar-refractivity contribution in [2.75, 3.05) is 13.8 Å². The van der Waals surface area contributed by atoms with Gasteiger partial charge in [-0.25, -0.2) is 0 Å². The lowest BCUT2D eigenvalue weighted by Crippen LogP contribution is -2.05. The van der Waals surface area contributed by atoms with Gasteiger partial charge in [0.2, 0.25) is 7.37 Å². The Balaban J connectivity index is 2.86. The molecule has 0 fully saturated rings. The molecule has 0 saturated heterocycles. The second kappa shape index (κ2) is 5.10. The fraction of sp³-hybridized carbons (Fsp3) is 0.300. The number of benzene rings is 1. The van der Waals surface area contributed by atoms with Crippen LogP contribution in [0.3, 0.4) is 0 Å². The maximum atomic E-state index is 11.8. The Kier molecular flexibility index (Phi) is 4.06. The predicted octanol–water partition coefficient (Wildman–Crippen LogP) is 2.57. The van der Waals surface area contributed by atoms with Crippen LogP contribution in [0, 0.1) is 0 Å². The summed E-state index contributed by atoms with van der Waals surface area (Å²) in [7, 11) is -1.60. The average molecular weight is 227 g/mol.